The quantitative estimate of drug-likeness (QED) is 0.0391. The average Bonchev–Trinajstić information content (AvgIpc) is 3.13. The summed E-state index contributed by atoms with van der Waals surface area (Å²) in [5.74, 6) is -2.23. The van der Waals surface area contributed by atoms with Gasteiger partial charge in [0.05, 0.1) is 27.3 Å². The molecule has 3 aromatic carbocycles. The maximum Gasteiger partial charge on any atom is 0.315 e. The van der Waals surface area contributed by atoms with Crippen LogP contribution in [0.2, 0.25) is 10.0 Å². The number of nitrogen functional groups attached to an aromatic ring is 1. The molecule has 4 aromatic rings. The van der Waals surface area contributed by atoms with Gasteiger partial charge in [0, 0.05) is 13.1 Å². The summed E-state index contributed by atoms with van der Waals surface area (Å²) >= 11 is 13.3. The van der Waals surface area contributed by atoms with Crippen LogP contribution in [-0.4, -0.2) is 84.9 Å². The number of hydrogen-bond donors (Lipinski definition) is 8. The van der Waals surface area contributed by atoms with Gasteiger partial charge in [-0.15, -0.1) is 0 Å². The van der Waals surface area contributed by atoms with E-state index in [9.17, 15) is 56.3 Å². The van der Waals surface area contributed by atoms with Gasteiger partial charge in [0.1, 0.15) is 31.8 Å². The van der Waals surface area contributed by atoms with E-state index in [4.69, 9.17) is 38.1 Å². The number of nitrogens with one attached hydrogen (secondary N) is 3. The van der Waals surface area contributed by atoms with Gasteiger partial charge in [-0.25, -0.2) is 4.98 Å². The number of benzene rings is 4. The van der Waals surface area contributed by atoms with E-state index in [-0.39, 0.29) is 74.5 Å². The second-order valence-corrected chi connectivity index (χ2v) is 18.5. The zero-order valence-electron chi connectivity index (χ0n) is 29.1. The molecule has 3 aliphatic rings. The molecular weight excluding hydrogens is 929 g/mol. The van der Waals surface area contributed by atoms with E-state index in [1.165, 1.54) is 24.3 Å². The summed E-state index contributed by atoms with van der Waals surface area (Å²) < 4.78 is 162. The molecule has 316 valence electrons. The van der Waals surface area contributed by atoms with Gasteiger partial charge in [0.2, 0.25) is 11.9 Å². The van der Waals surface area contributed by atoms with Crippen molar-refractivity contribution in [3.63, 3.8) is 0 Å². The summed E-state index contributed by atoms with van der Waals surface area (Å²) in [7, 11) is -19.8. The zero-order chi connectivity index (χ0) is 43.7. The second-order valence-electron chi connectivity index (χ2n) is 12.2. The monoisotopic (exact) mass is 949 g/mol. The molecule has 60 heavy (non-hydrogen) atoms. The number of fused-ring (bicyclic) bond motifs is 4. The first-order valence-corrected chi connectivity index (χ1v) is 22.6. The van der Waals surface area contributed by atoms with E-state index >= 15 is 0 Å². The predicted octanol–water partition coefficient (Wildman–Crippen LogP) is 4.13. The number of nitrogens with two attached hydrogens (primary N) is 1. The fourth-order valence-corrected chi connectivity index (χ4v) is 8.90. The summed E-state index contributed by atoms with van der Waals surface area (Å²) in [6.45, 7) is -0.223. The second kappa shape index (κ2) is 15.2. The van der Waals surface area contributed by atoms with Crippen LogP contribution in [0.1, 0.15) is 6.42 Å². The van der Waals surface area contributed by atoms with E-state index < -0.39 is 95.2 Å². The average molecular weight is 951 g/mol. The van der Waals surface area contributed by atoms with Crippen molar-refractivity contribution in [1.29, 1.82) is 0 Å². The molecule has 0 unspecified atom stereocenters. The lowest BCUT2D eigenvalue weighted by Gasteiger charge is -2.26. The third-order valence-electron chi connectivity index (χ3n) is 8.18. The maximum absolute atomic E-state index is 14.4. The third kappa shape index (κ3) is 8.28. The van der Waals surface area contributed by atoms with Crippen molar-refractivity contribution in [2.45, 2.75) is 26.0 Å². The number of anilines is 6. The first-order chi connectivity index (χ1) is 27.9. The Morgan fingerprint density at radius 2 is 1.50 bits per heavy atom. The molecular formula is C30H22Cl2FN9O14S4. The van der Waals surface area contributed by atoms with Gasteiger partial charge >= 0.3 is 16.2 Å². The van der Waals surface area contributed by atoms with Crippen molar-refractivity contribution in [1.82, 2.24) is 19.9 Å². The number of aromatic nitrogens is 4. The Hall–Kier alpha value is -5.56. The molecule has 0 spiro atoms. The van der Waals surface area contributed by atoms with Gasteiger partial charge in [-0.3, -0.25) is 23.2 Å². The first kappa shape index (κ1) is 42.6. The summed E-state index contributed by atoms with van der Waals surface area (Å²) in [6.07, 6.45) is -1.31. The van der Waals surface area contributed by atoms with Crippen LogP contribution >= 0.6 is 23.2 Å². The van der Waals surface area contributed by atoms with Crippen LogP contribution in [0, 0.1) is 6.08 Å². The fourth-order valence-electron chi connectivity index (χ4n) is 5.72. The highest BCUT2D eigenvalue weighted by Crippen LogP contribution is 2.55. The largest absolute Gasteiger partial charge is 0.450 e. The molecule has 1 aromatic heterocycles. The van der Waals surface area contributed by atoms with E-state index in [0.717, 1.165) is 0 Å². The first-order valence-electron chi connectivity index (χ1n) is 16.0. The van der Waals surface area contributed by atoms with Crippen molar-refractivity contribution in [3.05, 3.63) is 63.9 Å². The van der Waals surface area contributed by atoms with Crippen LogP contribution in [0.3, 0.4) is 0 Å². The standard InChI is InChI=1S/C30H22Cl2FN9O14S4/c31-18-21-25(19(32)20-24(18)55-22-13(37-20)4-3-12(34)26(22)59(49,50)51)56-23-14(38-21)5-6-15(27(23)60(52,53)54)35-8-1-9-36-29-40-28(33)41-30(42-29)39-16-10-11(57(43,44)45)2-7-17(16)58(46,47)48/h2-7,10,37H,1,8-9,34H2,(H,43,44,45)(H,46,47,48)(H,49,50,51)(H,52,53,54)(H2,36,39,40,41,42). The molecule has 23 nitrogen and oxygen atoms in total. The van der Waals surface area contributed by atoms with E-state index in [1.807, 2.05) is 0 Å². The molecule has 0 fully saturated rings. The Morgan fingerprint density at radius 1 is 0.800 bits per heavy atom. The van der Waals surface area contributed by atoms with E-state index in [0.29, 0.717) is 18.2 Å². The van der Waals surface area contributed by atoms with Gasteiger partial charge in [-0.05, 0) is 48.9 Å². The molecule has 9 N–H and O–H groups in total. The smallest absolute Gasteiger partial charge is 0.315 e. The lowest BCUT2D eigenvalue weighted by atomic mass is 10.1. The molecule has 0 atom stereocenters. The zero-order valence-corrected chi connectivity index (χ0v) is 33.9. The SMILES string of the molecule is Nc1ccc2c(c1S(=O)(=O)O)Oc1c(c(Cl)c3oc4c(S(=O)(=O)O)c(=NCCCNc5nc(F)nc(Nc6cc(S(=O)(=O)O)ccc6S(=O)(=O)O)n5)ccc-4nc3c1Cl)N2. The molecule has 30 heteroatoms. The van der Waals surface area contributed by atoms with Crippen LogP contribution in [0.5, 0.6) is 11.5 Å². The summed E-state index contributed by atoms with van der Waals surface area (Å²) in [5, 5.41) is 6.85. The third-order valence-corrected chi connectivity index (χ3v) is 12.5. The van der Waals surface area contributed by atoms with Crippen LogP contribution in [-0.2, 0) is 40.5 Å². The fraction of sp³-hybridized carbons (Fsp3) is 0.100. The van der Waals surface area contributed by atoms with Crippen LogP contribution in [0.4, 0.5) is 39.0 Å². The molecule has 7 rings (SSSR count). The Labute approximate surface area is 345 Å². The highest BCUT2D eigenvalue weighted by molar-refractivity contribution is 7.86. The number of halogens is 3. The van der Waals surface area contributed by atoms with Crippen LogP contribution in [0.15, 0.2) is 71.5 Å². The van der Waals surface area contributed by atoms with Crippen LogP contribution in [0.25, 0.3) is 22.6 Å². The molecule has 0 radical (unpaired) electrons. The topological polar surface area (TPSA) is 366 Å². The van der Waals surface area contributed by atoms with Gasteiger partial charge < -0.3 is 30.8 Å². The molecule has 0 saturated heterocycles. The molecule has 0 bridgehead atoms. The number of rotatable bonds is 11. The molecule has 2 aliphatic heterocycles. The Bertz CT molecular complexity index is 3320. The van der Waals surface area contributed by atoms with Crippen molar-refractivity contribution in [3.8, 4) is 23.0 Å². The lowest BCUT2D eigenvalue weighted by molar-refractivity contribution is 0.449. The normalized spacial score (nSPS) is 13.4. The predicted molar refractivity (Wildman–Crippen MR) is 207 cm³/mol. The minimum absolute atomic E-state index is 0.0133. The Kier molecular flexibility index (Phi) is 10.8. The maximum atomic E-state index is 14.4. The Morgan fingerprint density at radius 3 is 2.17 bits per heavy atom. The van der Waals surface area contributed by atoms with Gasteiger partial charge in [0.15, 0.2) is 32.6 Å². The van der Waals surface area contributed by atoms with Crippen molar-refractivity contribution < 1.29 is 65.4 Å². The van der Waals surface area contributed by atoms with Gasteiger partial charge in [0.25, 0.3) is 30.4 Å². The highest BCUT2D eigenvalue weighted by atomic mass is 35.5. The summed E-state index contributed by atoms with van der Waals surface area (Å²) in [6, 6.07) is 6.94. The van der Waals surface area contributed by atoms with Crippen molar-refractivity contribution in [2.75, 3.05) is 34.8 Å². The van der Waals surface area contributed by atoms with Gasteiger partial charge in [-0.1, -0.05) is 23.2 Å². The Balaban J connectivity index is 1.16. The molecule has 0 saturated carbocycles. The van der Waals surface area contributed by atoms with Gasteiger partial charge in [-0.2, -0.15) is 53.0 Å². The minimum atomic E-state index is -5.10. The highest BCUT2D eigenvalue weighted by Gasteiger charge is 2.34. The van der Waals surface area contributed by atoms with Crippen molar-refractivity contribution in [2.24, 2.45) is 4.99 Å². The van der Waals surface area contributed by atoms with Crippen molar-refractivity contribution >= 4 is 109 Å². The number of nitrogens with zero attached hydrogens (tertiary/aromatic N) is 5. The summed E-state index contributed by atoms with van der Waals surface area (Å²) in [5.41, 5.74) is 4.05. The molecule has 1 aliphatic carbocycles. The summed E-state index contributed by atoms with van der Waals surface area (Å²) in [4.78, 5) is 16.0. The minimum Gasteiger partial charge on any atom is -0.450 e. The molecule has 3 heterocycles. The number of ether oxygens (including phenoxy) is 1. The lowest BCUT2D eigenvalue weighted by Crippen LogP contribution is -2.19. The van der Waals surface area contributed by atoms with Crippen LogP contribution < -0.4 is 31.8 Å². The number of hydrogen-bond acceptors (Lipinski definition) is 19. The van der Waals surface area contributed by atoms with E-state index in [1.54, 1.807) is 0 Å². The molecule has 0 amide bonds. The van der Waals surface area contributed by atoms with E-state index in [2.05, 4.69) is 40.9 Å².